The van der Waals surface area contributed by atoms with Gasteiger partial charge >= 0.3 is 5.97 Å². The van der Waals surface area contributed by atoms with Crippen molar-refractivity contribution in [2.24, 2.45) is 12.2 Å². The molecule has 4 heterocycles. The van der Waals surface area contributed by atoms with Crippen molar-refractivity contribution in [3.63, 3.8) is 0 Å². The number of carboxylic acid groups (broad SMARTS) is 2. The van der Waals surface area contributed by atoms with Gasteiger partial charge in [-0.15, -0.1) is 34.9 Å². The van der Waals surface area contributed by atoms with Gasteiger partial charge in [-0.3, -0.25) is 14.5 Å². The number of rotatable bonds is 10. The van der Waals surface area contributed by atoms with Gasteiger partial charge in [0.2, 0.25) is 5.60 Å². The fourth-order valence-electron chi connectivity index (χ4n) is 3.61. The Bertz CT molecular complexity index is 1410. The third kappa shape index (κ3) is 6.02. The van der Waals surface area contributed by atoms with Crippen molar-refractivity contribution in [3.8, 4) is 0 Å². The topological polar surface area (TPSA) is 191 Å². The molecule has 0 bridgehead atoms. The summed E-state index contributed by atoms with van der Waals surface area (Å²) in [5, 5.41) is 28.5. The molecule has 16 heteroatoms. The van der Waals surface area contributed by atoms with Crippen LogP contribution < -0.4 is 20.7 Å². The first-order valence-corrected chi connectivity index (χ1v) is 14.3. The molecule has 0 aromatic carbocycles. The Kier molecular flexibility index (Phi) is 8.17. The second-order valence-corrected chi connectivity index (χ2v) is 12.1. The second kappa shape index (κ2) is 11.2. The first-order chi connectivity index (χ1) is 18.4. The summed E-state index contributed by atoms with van der Waals surface area (Å²) in [5.41, 5.74) is 3.90. The summed E-state index contributed by atoms with van der Waals surface area (Å²) in [5.74, 6) is -3.63. The minimum atomic E-state index is -1.75. The van der Waals surface area contributed by atoms with Crippen LogP contribution in [0.25, 0.3) is 0 Å². The van der Waals surface area contributed by atoms with Gasteiger partial charge in [0.15, 0.2) is 23.2 Å². The summed E-state index contributed by atoms with van der Waals surface area (Å²) < 4.78 is 1.87. The third-order valence-electron chi connectivity index (χ3n) is 5.71. The first-order valence-electron chi connectivity index (χ1n) is 11.4. The molecule has 0 spiro atoms. The van der Waals surface area contributed by atoms with Crippen molar-refractivity contribution in [2.75, 3.05) is 17.2 Å². The van der Waals surface area contributed by atoms with Crippen molar-refractivity contribution in [2.45, 2.75) is 35.8 Å². The van der Waals surface area contributed by atoms with Crippen molar-refractivity contribution >= 4 is 69.5 Å². The molecule has 4 N–H and O–H groups in total. The Morgan fingerprint density at radius 3 is 2.79 bits per heavy atom. The van der Waals surface area contributed by atoms with Crippen LogP contribution in [0.3, 0.4) is 0 Å². The Labute approximate surface area is 235 Å². The van der Waals surface area contributed by atoms with E-state index in [-0.39, 0.29) is 22.2 Å². The number of nitrogens with one attached hydrogen (secondary N) is 1. The number of aliphatic carboxylic acids is 2. The van der Waals surface area contributed by atoms with E-state index in [4.69, 9.17) is 10.6 Å². The average Bonchev–Trinajstić information content (AvgIpc) is 3.30. The number of carbonyl (C=O) groups is 4. The van der Waals surface area contributed by atoms with Crippen molar-refractivity contribution in [1.82, 2.24) is 15.2 Å². The molecular weight excluding hydrogens is 568 g/mol. The number of aryl methyl sites for hydroxylation is 1. The Balaban J connectivity index is 1.52. The van der Waals surface area contributed by atoms with Gasteiger partial charge in [-0.2, -0.15) is 0 Å². The number of anilines is 1. The number of aromatic nitrogens is 2. The number of nitrogen functional groups attached to an aromatic ring is 1. The highest BCUT2D eigenvalue weighted by molar-refractivity contribution is 8.01. The standard InChI is InChI=1S/C23H24N6O7S3/c1-23(2,21(34)35)36-27-14(13-10-39-22(24)25-13)17(30)26-15-18(31)29-16(20(32)33)11(9-38-19(15)29)8-37-12-5-4-6-28(3)7-12/h4-7,10,15,19H,8-9H2,1-3H3,(H4-,24,25,26,30,32,33,34,35)/b27-14-/t15-,19-/m1/s1. The van der Waals surface area contributed by atoms with Crippen LogP contribution in [0, 0.1) is 0 Å². The molecule has 39 heavy (non-hydrogen) atoms. The van der Waals surface area contributed by atoms with E-state index in [9.17, 15) is 29.4 Å². The highest BCUT2D eigenvalue weighted by atomic mass is 32.2. The zero-order chi connectivity index (χ0) is 28.5. The number of thioether (sulfide) groups is 2. The molecule has 2 aromatic heterocycles. The van der Waals surface area contributed by atoms with Crippen LogP contribution in [0.15, 0.2) is 51.2 Å². The predicted molar refractivity (Wildman–Crippen MR) is 141 cm³/mol. The molecule has 0 aliphatic carbocycles. The molecule has 1 saturated heterocycles. The summed E-state index contributed by atoms with van der Waals surface area (Å²) in [6.45, 7) is 2.49. The summed E-state index contributed by atoms with van der Waals surface area (Å²) >= 11 is 3.77. The fourth-order valence-corrected chi connectivity index (χ4v) is 6.63. The van der Waals surface area contributed by atoms with Crippen molar-refractivity contribution in [1.29, 1.82) is 0 Å². The first kappa shape index (κ1) is 28.4. The van der Waals surface area contributed by atoms with Crippen LogP contribution in [-0.2, 0) is 31.1 Å². The molecular formula is C23H24N6O7S3. The Hall–Kier alpha value is -3.63. The predicted octanol–water partition coefficient (Wildman–Crippen LogP) is -0.670. The maximum atomic E-state index is 13.2. The van der Waals surface area contributed by atoms with Crippen molar-refractivity contribution < 1.29 is 38.8 Å². The summed E-state index contributed by atoms with van der Waals surface area (Å²) in [6.07, 6.45) is 3.78. The zero-order valence-electron chi connectivity index (χ0n) is 20.9. The van der Waals surface area contributed by atoms with Gasteiger partial charge in [0.05, 0.1) is 16.6 Å². The highest BCUT2D eigenvalue weighted by Gasteiger charge is 2.53. The number of carbonyl (C=O) groups excluding carboxylic acids is 3. The number of amides is 2. The zero-order valence-corrected chi connectivity index (χ0v) is 23.4. The normalized spacial score (nSPS) is 19.3. The number of β-lactam (4-membered cyclic amide) rings is 1. The van der Waals surface area contributed by atoms with E-state index in [0.29, 0.717) is 17.1 Å². The number of oxime groups is 1. The number of fused-ring (bicyclic) bond motifs is 1. The molecule has 0 unspecified atom stereocenters. The Morgan fingerprint density at radius 2 is 2.18 bits per heavy atom. The van der Waals surface area contributed by atoms with Crippen LogP contribution in [0.4, 0.5) is 5.13 Å². The highest BCUT2D eigenvalue weighted by Crippen LogP contribution is 2.41. The van der Waals surface area contributed by atoms with E-state index in [0.717, 1.165) is 21.1 Å². The lowest BCUT2D eigenvalue weighted by Crippen LogP contribution is -2.71. The van der Waals surface area contributed by atoms with Crippen LogP contribution in [-0.4, -0.2) is 73.0 Å². The largest absolute Gasteiger partial charge is 0.543 e. The maximum Gasteiger partial charge on any atom is 0.350 e. The van der Waals surface area contributed by atoms with E-state index < -0.39 is 40.8 Å². The number of nitrogens with zero attached hydrogens (tertiary/aromatic N) is 4. The number of carboxylic acids is 2. The number of nitrogens with two attached hydrogens (primary N) is 1. The molecule has 2 aliphatic heterocycles. The Morgan fingerprint density at radius 1 is 1.44 bits per heavy atom. The van der Waals surface area contributed by atoms with Gasteiger partial charge in [-0.25, -0.2) is 14.3 Å². The smallest absolute Gasteiger partial charge is 0.350 e. The monoisotopic (exact) mass is 592 g/mol. The van der Waals surface area contributed by atoms with Gasteiger partial charge in [0.1, 0.15) is 24.2 Å². The number of hydrogen-bond acceptors (Lipinski definition) is 12. The minimum absolute atomic E-state index is 0.0278. The van der Waals surface area contributed by atoms with Gasteiger partial charge < -0.3 is 30.9 Å². The number of thiazole rings is 1. The molecule has 0 radical (unpaired) electrons. The van der Waals surface area contributed by atoms with E-state index in [1.165, 1.54) is 42.8 Å². The molecule has 2 amide bonds. The molecule has 0 saturated carbocycles. The lowest BCUT2D eigenvalue weighted by molar-refractivity contribution is -0.673. The van der Waals surface area contributed by atoms with E-state index in [1.54, 1.807) is 0 Å². The molecule has 206 valence electrons. The number of hydrogen-bond donors (Lipinski definition) is 3. The van der Waals surface area contributed by atoms with Crippen LogP contribution in [0.1, 0.15) is 19.5 Å². The van der Waals surface area contributed by atoms with Gasteiger partial charge in [-0.05, 0) is 25.5 Å². The summed E-state index contributed by atoms with van der Waals surface area (Å²) in [6, 6.07) is 2.71. The second-order valence-electron chi connectivity index (χ2n) is 9.01. The van der Waals surface area contributed by atoms with Crippen LogP contribution >= 0.6 is 34.9 Å². The molecule has 2 aliphatic rings. The summed E-state index contributed by atoms with van der Waals surface area (Å²) in [7, 11) is 1.88. The van der Waals surface area contributed by atoms with Gasteiger partial charge in [-0.1, -0.05) is 5.16 Å². The van der Waals surface area contributed by atoms with E-state index in [1.807, 2.05) is 36.1 Å². The van der Waals surface area contributed by atoms with Crippen LogP contribution in [0.2, 0.25) is 0 Å². The lowest BCUT2D eigenvalue weighted by Gasteiger charge is -2.50. The van der Waals surface area contributed by atoms with E-state index >= 15 is 0 Å². The van der Waals surface area contributed by atoms with Crippen molar-refractivity contribution in [3.05, 3.63) is 46.9 Å². The molecule has 4 rings (SSSR count). The molecule has 2 atom stereocenters. The molecule has 2 aromatic rings. The maximum absolute atomic E-state index is 13.2. The molecule has 13 nitrogen and oxygen atoms in total. The quantitative estimate of drug-likeness (QED) is 0.104. The minimum Gasteiger partial charge on any atom is -0.543 e. The van der Waals surface area contributed by atoms with Gasteiger partial charge in [0.25, 0.3) is 11.8 Å². The third-order valence-corrected chi connectivity index (χ3v) is 8.79. The molecule has 1 fully saturated rings. The fraction of sp³-hybridized carbons (Fsp3) is 0.348. The summed E-state index contributed by atoms with van der Waals surface area (Å²) in [4.78, 5) is 60.8. The SMILES string of the molecule is C[n+]1cccc(SCC2=C(C(=O)[O-])N3C(=O)[C@@H](NC(=O)/C(=N\OC(C)(C)C(=O)O)c4csc(N)n4)[C@H]3SC2)c1. The lowest BCUT2D eigenvalue weighted by atomic mass is 10.0. The van der Waals surface area contributed by atoms with E-state index in [2.05, 4.69) is 15.5 Å². The van der Waals surface area contributed by atoms with Crippen LogP contribution in [0.5, 0.6) is 0 Å². The number of pyridine rings is 1. The average molecular weight is 593 g/mol. The van der Waals surface area contributed by atoms with Gasteiger partial charge in [0, 0.05) is 23.0 Å².